The molecular formula is C13H13NO2. The zero-order valence-electron chi connectivity index (χ0n) is 9.36. The Bertz CT molecular complexity index is 611. The first kappa shape index (κ1) is 10.6. The van der Waals surface area contributed by atoms with Crippen LogP contribution in [0.3, 0.4) is 0 Å². The summed E-state index contributed by atoms with van der Waals surface area (Å²) in [6.07, 6.45) is 1.29. The molecule has 1 heterocycles. The lowest BCUT2D eigenvalue weighted by Gasteiger charge is -2.10. The average molecular weight is 215 g/mol. The van der Waals surface area contributed by atoms with Gasteiger partial charge in [0.1, 0.15) is 6.29 Å². The summed E-state index contributed by atoms with van der Waals surface area (Å²) in [5, 5.41) is 0.981. The number of rotatable bonds is 2. The minimum atomic E-state index is -0.0339. The van der Waals surface area contributed by atoms with Crippen molar-refractivity contribution < 1.29 is 4.79 Å². The van der Waals surface area contributed by atoms with Gasteiger partial charge in [-0.05, 0) is 30.2 Å². The van der Waals surface area contributed by atoms with Crippen LogP contribution < -0.4 is 5.56 Å². The summed E-state index contributed by atoms with van der Waals surface area (Å²) in [4.78, 5) is 22.1. The van der Waals surface area contributed by atoms with Crippen LogP contribution >= 0.6 is 0 Å². The number of benzene rings is 1. The van der Waals surface area contributed by atoms with Crippen molar-refractivity contribution in [3.63, 3.8) is 0 Å². The number of aromatic nitrogens is 1. The third kappa shape index (κ3) is 1.54. The molecule has 0 aliphatic rings. The van der Waals surface area contributed by atoms with E-state index in [9.17, 15) is 9.59 Å². The van der Waals surface area contributed by atoms with Crippen LogP contribution in [-0.4, -0.2) is 10.9 Å². The van der Waals surface area contributed by atoms with Gasteiger partial charge in [0.05, 0.1) is 5.52 Å². The normalized spacial score (nSPS) is 10.6. The van der Waals surface area contributed by atoms with Gasteiger partial charge in [-0.3, -0.25) is 4.79 Å². The summed E-state index contributed by atoms with van der Waals surface area (Å²) >= 11 is 0. The Labute approximate surface area is 93.3 Å². The Kier molecular flexibility index (Phi) is 2.60. The van der Waals surface area contributed by atoms with E-state index in [0.717, 1.165) is 28.3 Å². The molecule has 1 aromatic heterocycles. The standard InChI is InChI=1S/C13H13NO2/c1-9-3-5-12-11(10(9)7-8-15)4-6-13(16)14(12)2/h3-6,8H,7H2,1-2H3. The molecule has 3 heteroatoms. The van der Waals surface area contributed by atoms with Crippen LogP contribution in [0.4, 0.5) is 0 Å². The van der Waals surface area contributed by atoms with Gasteiger partial charge in [0.15, 0.2) is 0 Å². The molecule has 16 heavy (non-hydrogen) atoms. The van der Waals surface area contributed by atoms with E-state index < -0.39 is 0 Å². The van der Waals surface area contributed by atoms with Crippen molar-refractivity contribution in [1.82, 2.24) is 4.57 Å². The van der Waals surface area contributed by atoms with E-state index in [1.807, 2.05) is 19.1 Å². The number of carbonyl (C=O) groups excluding carboxylic acids is 1. The van der Waals surface area contributed by atoms with E-state index in [1.165, 1.54) is 6.07 Å². The molecule has 2 aromatic rings. The molecule has 0 fully saturated rings. The predicted molar refractivity (Wildman–Crippen MR) is 63.7 cm³/mol. The molecule has 0 radical (unpaired) electrons. The molecule has 0 unspecified atom stereocenters. The number of hydrogen-bond acceptors (Lipinski definition) is 2. The van der Waals surface area contributed by atoms with E-state index in [4.69, 9.17) is 0 Å². The predicted octanol–water partition coefficient (Wildman–Crippen LogP) is 1.59. The fraction of sp³-hybridized carbons (Fsp3) is 0.231. The highest BCUT2D eigenvalue weighted by Crippen LogP contribution is 2.20. The smallest absolute Gasteiger partial charge is 0.250 e. The fourth-order valence-corrected chi connectivity index (χ4v) is 1.98. The molecule has 0 amide bonds. The van der Waals surface area contributed by atoms with Crippen molar-refractivity contribution >= 4 is 17.2 Å². The molecule has 0 saturated heterocycles. The first-order chi connectivity index (χ1) is 7.65. The molecule has 0 aliphatic carbocycles. The van der Waals surface area contributed by atoms with Gasteiger partial charge in [0.25, 0.3) is 5.56 Å². The molecule has 0 bridgehead atoms. The molecule has 0 aliphatic heterocycles. The molecule has 0 saturated carbocycles. The van der Waals surface area contributed by atoms with Crippen LogP contribution in [0.1, 0.15) is 11.1 Å². The second kappa shape index (κ2) is 3.93. The maximum Gasteiger partial charge on any atom is 0.250 e. The lowest BCUT2D eigenvalue weighted by Crippen LogP contribution is -2.15. The van der Waals surface area contributed by atoms with Crippen LogP contribution in [0.25, 0.3) is 10.9 Å². The SMILES string of the molecule is Cc1ccc2c(ccc(=O)n2C)c1CC=O. The largest absolute Gasteiger partial charge is 0.311 e. The number of carbonyl (C=O) groups is 1. The number of aryl methyl sites for hydroxylation is 2. The van der Waals surface area contributed by atoms with E-state index >= 15 is 0 Å². The molecule has 1 aromatic carbocycles. The maximum absolute atomic E-state index is 11.5. The third-order valence-corrected chi connectivity index (χ3v) is 2.94. The van der Waals surface area contributed by atoms with Crippen molar-refractivity contribution in [2.45, 2.75) is 13.3 Å². The van der Waals surface area contributed by atoms with Crippen LogP contribution in [0.5, 0.6) is 0 Å². The summed E-state index contributed by atoms with van der Waals surface area (Å²) < 4.78 is 1.60. The van der Waals surface area contributed by atoms with Crippen LogP contribution in [-0.2, 0) is 18.3 Å². The van der Waals surface area contributed by atoms with Crippen LogP contribution in [0, 0.1) is 6.92 Å². The minimum absolute atomic E-state index is 0.0339. The van der Waals surface area contributed by atoms with Gasteiger partial charge < -0.3 is 9.36 Å². The van der Waals surface area contributed by atoms with Crippen molar-refractivity contribution in [3.8, 4) is 0 Å². The first-order valence-electron chi connectivity index (χ1n) is 5.17. The van der Waals surface area contributed by atoms with Crippen molar-refractivity contribution in [3.05, 3.63) is 45.7 Å². The van der Waals surface area contributed by atoms with E-state index in [2.05, 4.69) is 0 Å². The number of fused-ring (bicyclic) bond motifs is 1. The molecule has 0 spiro atoms. The lowest BCUT2D eigenvalue weighted by atomic mass is 10.0. The average Bonchev–Trinajstić information content (AvgIpc) is 2.27. The first-order valence-corrected chi connectivity index (χ1v) is 5.17. The highest BCUT2D eigenvalue weighted by atomic mass is 16.1. The zero-order valence-corrected chi connectivity index (χ0v) is 9.36. The highest BCUT2D eigenvalue weighted by molar-refractivity contribution is 5.85. The minimum Gasteiger partial charge on any atom is -0.311 e. The van der Waals surface area contributed by atoms with Gasteiger partial charge in [-0.25, -0.2) is 0 Å². The summed E-state index contributed by atoms with van der Waals surface area (Å²) in [6, 6.07) is 7.19. The van der Waals surface area contributed by atoms with Gasteiger partial charge >= 0.3 is 0 Å². The molecule has 2 rings (SSSR count). The Hall–Kier alpha value is -1.90. The van der Waals surface area contributed by atoms with Crippen LogP contribution in [0.15, 0.2) is 29.1 Å². The van der Waals surface area contributed by atoms with Gasteiger partial charge in [0, 0.05) is 24.9 Å². The van der Waals surface area contributed by atoms with E-state index in [-0.39, 0.29) is 5.56 Å². The molecule has 82 valence electrons. The van der Waals surface area contributed by atoms with E-state index in [0.29, 0.717) is 6.42 Å². The Balaban J connectivity index is 2.89. The summed E-state index contributed by atoms with van der Waals surface area (Å²) in [5.41, 5.74) is 2.92. The molecule has 0 atom stereocenters. The van der Waals surface area contributed by atoms with Crippen molar-refractivity contribution in [2.24, 2.45) is 7.05 Å². The van der Waals surface area contributed by atoms with Gasteiger partial charge in [-0.2, -0.15) is 0 Å². The van der Waals surface area contributed by atoms with Crippen LogP contribution in [0.2, 0.25) is 0 Å². The quantitative estimate of drug-likeness (QED) is 0.713. The second-order valence-corrected chi connectivity index (χ2v) is 3.90. The molecule has 0 N–H and O–H groups in total. The third-order valence-electron chi connectivity index (χ3n) is 2.94. The zero-order chi connectivity index (χ0) is 11.7. The van der Waals surface area contributed by atoms with Gasteiger partial charge in [-0.1, -0.05) is 6.07 Å². The summed E-state index contributed by atoms with van der Waals surface area (Å²) in [6.45, 7) is 1.98. The Morgan fingerprint density at radius 3 is 2.69 bits per heavy atom. The molecular weight excluding hydrogens is 202 g/mol. The maximum atomic E-state index is 11.5. The number of nitrogens with zero attached hydrogens (tertiary/aromatic N) is 1. The monoisotopic (exact) mass is 215 g/mol. The topological polar surface area (TPSA) is 39.1 Å². The van der Waals surface area contributed by atoms with Crippen molar-refractivity contribution in [1.29, 1.82) is 0 Å². The fourth-order valence-electron chi connectivity index (χ4n) is 1.98. The Morgan fingerprint density at radius 1 is 1.25 bits per heavy atom. The number of hydrogen-bond donors (Lipinski definition) is 0. The Morgan fingerprint density at radius 2 is 2.00 bits per heavy atom. The number of pyridine rings is 1. The van der Waals surface area contributed by atoms with E-state index in [1.54, 1.807) is 17.7 Å². The highest BCUT2D eigenvalue weighted by Gasteiger charge is 2.06. The summed E-state index contributed by atoms with van der Waals surface area (Å²) in [7, 11) is 1.74. The molecule has 3 nitrogen and oxygen atoms in total. The van der Waals surface area contributed by atoms with Gasteiger partial charge in [0.2, 0.25) is 0 Å². The van der Waals surface area contributed by atoms with Gasteiger partial charge in [-0.15, -0.1) is 0 Å². The summed E-state index contributed by atoms with van der Waals surface area (Å²) in [5.74, 6) is 0. The number of aldehydes is 1. The lowest BCUT2D eigenvalue weighted by molar-refractivity contribution is -0.107. The second-order valence-electron chi connectivity index (χ2n) is 3.90. The van der Waals surface area contributed by atoms with Crippen molar-refractivity contribution in [2.75, 3.05) is 0 Å².